The lowest BCUT2D eigenvalue weighted by Gasteiger charge is -2.32. The first kappa shape index (κ1) is 44.6. The van der Waals surface area contributed by atoms with E-state index in [9.17, 15) is 0 Å². The van der Waals surface area contributed by atoms with Crippen molar-refractivity contribution in [2.24, 2.45) is 5.40 Å². The van der Waals surface area contributed by atoms with E-state index in [-0.39, 0.29) is 0 Å². The fourth-order valence-electron chi connectivity index (χ4n) is 6.31. The largest absolute Gasteiger partial charge is 0.358 e. The van der Waals surface area contributed by atoms with Crippen LogP contribution in [0.15, 0.2) is 0 Å². The molecule has 0 unspecified atom stereocenters. The van der Waals surface area contributed by atoms with Gasteiger partial charge in [-0.2, -0.15) is 0 Å². The molecule has 0 aromatic heterocycles. The molecule has 0 atom stereocenters. The third-order valence-electron chi connectivity index (χ3n) is 9.39. The zero-order valence-corrected chi connectivity index (χ0v) is 32.9. The van der Waals surface area contributed by atoms with Gasteiger partial charge in [0.05, 0.1) is 30.5 Å². The Bertz CT molecular complexity index is 426. The lowest BCUT2D eigenvalue weighted by molar-refractivity contribution is -0.899. The average molecular weight is 633 g/mol. The molecule has 256 valence electrons. The number of hydrogen-bond donors (Lipinski definition) is 1. The van der Waals surface area contributed by atoms with Gasteiger partial charge in [0.2, 0.25) is 0 Å². The standard InChI is InChI=1S/C38H79ClN.H5NSi/c1-4-6-8-10-12-14-16-18-20-22-24-26-28-30-32-34-36-40(3,38-39)37-35-33-31-29-27-25-23-21-19-17-15-13-11-9-7-5-2;1-2/h4-38H2,1-3H3;1H2,2H3/q+1;. The van der Waals surface area contributed by atoms with E-state index in [4.69, 9.17) is 11.6 Å². The number of unbranched alkanes of at least 4 members (excludes halogenated alkanes) is 30. The SMILES string of the molecule is CCCCCCCCCCCCCCCCCC[N+](C)(CCl)CCCCCCCCCCCCCCCCCC.N[SiH3]. The maximum absolute atomic E-state index is 6.42. The molecule has 0 fully saturated rings. The van der Waals surface area contributed by atoms with E-state index in [2.05, 4.69) is 26.3 Å². The molecule has 0 amide bonds. The maximum Gasteiger partial charge on any atom is 0.154 e. The Morgan fingerprint density at radius 1 is 0.357 bits per heavy atom. The van der Waals surface area contributed by atoms with Crippen molar-refractivity contribution in [1.82, 2.24) is 0 Å². The fraction of sp³-hybridized carbons (Fsp3) is 1.00. The van der Waals surface area contributed by atoms with Gasteiger partial charge in [0.25, 0.3) is 0 Å². The molecule has 0 radical (unpaired) electrons. The van der Waals surface area contributed by atoms with Crippen LogP contribution in [0.25, 0.3) is 0 Å². The van der Waals surface area contributed by atoms with E-state index in [1.165, 1.54) is 219 Å². The minimum Gasteiger partial charge on any atom is -0.358 e. The predicted octanol–water partition coefficient (Wildman–Crippen LogP) is 12.4. The summed E-state index contributed by atoms with van der Waals surface area (Å²) < 4.78 is 1.08. The molecule has 0 bridgehead atoms. The van der Waals surface area contributed by atoms with Crippen molar-refractivity contribution >= 4 is 22.0 Å². The smallest absolute Gasteiger partial charge is 0.154 e. The van der Waals surface area contributed by atoms with Crippen molar-refractivity contribution < 1.29 is 4.48 Å². The van der Waals surface area contributed by atoms with E-state index in [1.807, 2.05) is 0 Å². The van der Waals surface area contributed by atoms with Crippen LogP contribution in [0.5, 0.6) is 0 Å². The van der Waals surface area contributed by atoms with Crippen LogP contribution in [0.2, 0.25) is 0 Å². The van der Waals surface area contributed by atoms with Crippen LogP contribution in [0, 0.1) is 0 Å². The molecule has 0 heterocycles. The normalized spacial score (nSPS) is 11.6. The van der Waals surface area contributed by atoms with Crippen molar-refractivity contribution in [3.63, 3.8) is 0 Å². The fourth-order valence-corrected chi connectivity index (χ4v) is 6.55. The first-order valence-electron chi connectivity index (χ1n) is 19.7. The Morgan fingerprint density at radius 3 is 0.690 bits per heavy atom. The molecule has 2 N–H and O–H groups in total. The zero-order valence-electron chi connectivity index (χ0n) is 30.2. The highest BCUT2D eigenvalue weighted by Crippen LogP contribution is 2.17. The molecule has 0 saturated carbocycles. The molecule has 0 aliphatic heterocycles. The number of halogens is 1. The third-order valence-corrected chi connectivity index (χ3v) is 9.97. The summed E-state index contributed by atoms with van der Waals surface area (Å²) in [6.07, 6.45) is 46.3. The number of nitrogens with two attached hydrogens (primary N) is 1. The van der Waals surface area contributed by atoms with Crippen molar-refractivity contribution in [3.05, 3.63) is 0 Å². The summed E-state index contributed by atoms with van der Waals surface area (Å²) in [7, 11) is 3.20. The molecule has 0 aromatic carbocycles. The van der Waals surface area contributed by atoms with Gasteiger partial charge < -0.3 is 9.88 Å². The molecular formula is C38H84ClN2Si+. The van der Waals surface area contributed by atoms with Gasteiger partial charge in [-0.1, -0.05) is 205 Å². The van der Waals surface area contributed by atoms with E-state index >= 15 is 0 Å². The minimum atomic E-state index is 0.789. The van der Waals surface area contributed by atoms with E-state index in [0.29, 0.717) is 0 Å². The van der Waals surface area contributed by atoms with Gasteiger partial charge in [0.1, 0.15) is 0 Å². The van der Waals surface area contributed by atoms with E-state index < -0.39 is 0 Å². The summed E-state index contributed by atoms with van der Waals surface area (Å²) in [5.74, 6) is 0. The first-order valence-corrected chi connectivity index (χ1v) is 21.3. The van der Waals surface area contributed by atoms with Gasteiger partial charge in [-0.15, -0.1) is 0 Å². The number of alkyl halides is 1. The number of rotatable bonds is 35. The molecule has 0 rings (SSSR count). The van der Waals surface area contributed by atoms with Crippen LogP contribution in [0.1, 0.15) is 219 Å². The quantitative estimate of drug-likeness (QED) is 0.0243. The second-order valence-electron chi connectivity index (χ2n) is 13.8. The summed E-state index contributed by atoms with van der Waals surface area (Å²) in [6, 6.07) is 0.789. The number of quaternary nitrogens is 1. The van der Waals surface area contributed by atoms with Gasteiger partial charge in [0, 0.05) is 0 Å². The Labute approximate surface area is 276 Å². The van der Waals surface area contributed by atoms with Crippen molar-refractivity contribution in [1.29, 1.82) is 0 Å². The molecule has 0 aliphatic rings. The van der Waals surface area contributed by atoms with E-state index in [0.717, 1.165) is 20.9 Å². The van der Waals surface area contributed by atoms with Gasteiger partial charge in [-0.05, 0) is 25.7 Å². The topological polar surface area (TPSA) is 26.0 Å². The Balaban J connectivity index is 0. The van der Waals surface area contributed by atoms with Gasteiger partial charge in [-0.3, -0.25) is 0 Å². The van der Waals surface area contributed by atoms with Crippen LogP contribution < -0.4 is 5.40 Å². The van der Waals surface area contributed by atoms with E-state index in [1.54, 1.807) is 0 Å². The highest BCUT2D eigenvalue weighted by molar-refractivity contribution is 6.16. The Morgan fingerprint density at radius 2 is 0.524 bits per heavy atom. The zero-order chi connectivity index (χ0) is 31.2. The maximum atomic E-state index is 6.42. The van der Waals surface area contributed by atoms with Crippen molar-refractivity contribution in [2.45, 2.75) is 219 Å². The third kappa shape index (κ3) is 36.6. The molecule has 4 heteroatoms. The van der Waals surface area contributed by atoms with Crippen molar-refractivity contribution in [3.8, 4) is 0 Å². The highest BCUT2D eigenvalue weighted by Gasteiger charge is 2.18. The van der Waals surface area contributed by atoms with Gasteiger partial charge in [0.15, 0.2) is 6.00 Å². The highest BCUT2D eigenvalue weighted by atomic mass is 35.5. The summed E-state index contributed by atoms with van der Waals surface area (Å²) >= 11 is 6.42. The molecule has 42 heavy (non-hydrogen) atoms. The molecule has 0 spiro atoms. The van der Waals surface area contributed by atoms with Gasteiger partial charge in [-0.25, -0.2) is 0 Å². The monoisotopic (exact) mass is 632 g/mol. The Hall–Kier alpha value is 0.427. The molecule has 0 aromatic rings. The Kier molecular flexibility index (Phi) is 41.8. The lowest BCUT2D eigenvalue weighted by Crippen LogP contribution is -2.44. The second kappa shape index (κ2) is 39.5. The molecule has 0 aliphatic carbocycles. The van der Waals surface area contributed by atoms with Crippen LogP contribution in [-0.2, 0) is 0 Å². The van der Waals surface area contributed by atoms with Crippen LogP contribution >= 0.6 is 11.6 Å². The van der Waals surface area contributed by atoms with Crippen LogP contribution in [0.4, 0.5) is 0 Å². The molecular weight excluding hydrogens is 548 g/mol. The number of nitrogens with zero attached hydrogens (tertiary/aromatic N) is 1. The minimum absolute atomic E-state index is 0.789. The molecule has 2 nitrogen and oxygen atoms in total. The van der Waals surface area contributed by atoms with Crippen LogP contribution in [-0.4, -0.2) is 41.0 Å². The average Bonchev–Trinajstić information content (AvgIpc) is 3.01. The second-order valence-corrected chi connectivity index (χ2v) is 14.0. The summed E-state index contributed by atoms with van der Waals surface area (Å²) in [5.41, 5.74) is 0. The predicted molar refractivity (Wildman–Crippen MR) is 200 cm³/mol. The first-order chi connectivity index (χ1) is 20.7. The van der Waals surface area contributed by atoms with Gasteiger partial charge >= 0.3 is 0 Å². The summed E-state index contributed by atoms with van der Waals surface area (Å²) in [4.78, 5) is 0. The number of hydrogen-bond acceptors (Lipinski definition) is 1. The summed E-state index contributed by atoms with van der Waals surface area (Å²) in [6.45, 7) is 7.17. The van der Waals surface area contributed by atoms with Crippen molar-refractivity contribution in [2.75, 3.05) is 26.1 Å². The molecule has 0 saturated heterocycles. The lowest BCUT2D eigenvalue weighted by atomic mass is 10.0. The summed E-state index contributed by atoms with van der Waals surface area (Å²) in [5, 5.41) is 4.64. The van der Waals surface area contributed by atoms with Crippen LogP contribution in [0.3, 0.4) is 0 Å².